The van der Waals surface area contributed by atoms with Gasteiger partial charge in [0.1, 0.15) is 18.7 Å². The third-order valence-corrected chi connectivity index (χ3v) is 9.98. The van der Waals surface area contributed by atoms with Crippen molar-refractivity contribution in [1.82, 2.24) is 19.9 Å². The Morgan fingerprint density at radius 2 is 1.80 bits per heavy atom. The maximum Gasteiger partial charge on any atom is 0.415 e. The van der Waals surface area contributed by atoms with Crippen LogP contribution in [0.4, 0.5) is 4.79 Å². The first-order valence-corrected chi connectivity index (χ1v) is 15.5. The number of fused-ring (bicyclic) bond motifs is 5. The molecule has 3 aromatic carbocycles. The average molecular weight is 630 g/mol. The SMILES string of the molecule is O=C1[C@@H]2Cc3c([nH]c4ccccc34)[C@@H](c3ccc4c(c3)OCO4)N2C(=O)N1CCOc1no[n+]([O-])c1S(=O)(=O)c1ccccc1. The fraction of sp³-hybridized carbons (Fsp3) is 0.200. The zero-order valence-corrected chi connectivity index (χ0v) is 24.1. The van der Waals surface area contributed by atoms with Gasteiger partial charge in [-0.25, -0.2) is 13.2 Å². The van der Waals surface area contributed by atoms with Gasteiger partial charge in [0.2, 0.25) is 6.79 Å². The van der Waals surface area contributed by atoms with E-state index in [4.69, 9.17) is 14.2 Å². The topological polar surface area (TPSA) is 171 Å². The standard InChI is InChI=1S/C30H23N5O9S/c36-28-22-15-20-19-8-4-5-9-21(19)31-25(20)26(17-10-11-23-24(14-17)43-16-42-23)34(22)30(37)33(28)12-13-41-27-29(35(38)44-32-27)45(39,40)18-6-2-1-3-7-18/h1-11,14,22,26,31H,12-13,15-16H2/t22-,26+/m0/s1. The number of aromatic nitrogens is 3. The number of aromatic amines is 1. The van der Waals surface area contributed by atoms with Crippen LogP contribution in [-0.2, 0) is 21.1 Å². The molecule has 5 aromatic rings. The summed E-state index contributed by atoms with van der Waals surface area (Å²) in [5.41, 5.74) is 3.36. The second-order valence-corrected chi connectivity index (χ2v) is 12.5. The number of H-pyrrole nitrogens is 1. The van der Waals surface area contributed by atoms with Crippen molar-refractivity contribution in [2.75, 3.05) is 19.9 Å². The minimum atomic E-state index is -4.34. The molecule has 15 heteroatoms. The summed E-state index contributed by atoms with van der Waals surface area (Å²) in [6.45, 7) is -0.487. The predicted octanol–water partition coefficient (Wildman–Crippen LogP) is 2.71. The smallest absolute Gasteiger partial charge is 0.415 e. The van der Waals surface area contributed by atoms with Crippen LogP contribution in [0, 0.1) is 5.21 Å². The van der Waals surface area contributed by atoms with Gasteiger partial charge >= 0.3 is 16.9 Å². The summed E-state index contributed by atoms with van der Waals surface area (Å²) in [6, 6.07) is 18.5. The first-order chi connectivity index (χ1) is 21.8. The third kappa shape index (κ3) is 4.11. The van der Waals surface area contributed by atoms with Crippen molar-refractivity contribution in [2.24, 2.45) is 0 Å². The first-order valence-electron chi connectivity index (χ1n) is 14.0. The fourth-order valence-corrected chi connectivity index (χ4v) is 7.53. The Morgan fingerprint density at radius 1 is 1.02 bits per heavy atom. The molecule has 228 valence electrons. The van der Waals surface area contributed by atoms with E-state index in [0.29, 0.717) is 17.9 Å². The van der Waals surface area contributed by atoms with E-state index in [1.165, 1.54) is 24.3 Å². The van der Waals surface area contributed by atoms with Crippen LogP contribution < -0.4 is 19.1 Å². The monoisotopic (exact) mass is 629 g/mol. The second-order valence-electron chi connectivity index (χ2n) is 10.7. The zero-order chi connectivity index (χ0) is 30.9. The van der Waals surface area contributed by atoms with Gasteiger partial charge in [-0.05, 0) is 46.4 Å². The number of amides is 3. The van der Waals surface area contributed by atoms with Crippen LogP contribution in [-0.4, -0.2) is 66.3 Å². The molecule has 0 bridgehead atoms. The van der Waals surface area contributed by atoms with Crippen LogP contribution in [0.3, 0.4) is 0 Å². The Bertz CT molecular complexity index is 2110. The quantitative estimate of drug-likeness (QED) is 0.208. The Hall–Kier alpha value is -5.57. The molecule has 3 amide bonds. The van der Waals surface area contributed by atoms with E-state index >= 15 is 0 Å². The molecule has 2 aromatic heterocycles. The van der Waals surface area contributed by atoms with Crippen molar-refractivity contribution >= 4 is 32.7 Å². The van der Waals surface area contributed by atoms with Crippen LogP contribution in [0.5, 0.6) is 17.4 Å². The van der Waals surface area contributed by atoms with E-state index in [0.717, 1.165) is 32.6 Å². The summed E-state index contributed by atoms with van der Waals surface area (Å²) in [6.07, 6.45) is 0.293. The molecule has 3 aliphatic rings. The van der Waals surface area contributed by atoms with Crippen molar-refractivity contribution in [2.45, 2.75) is 28.4 Å². The van der Waals surface area contributed by atoms with Crippen LogP contribution in [0.2, 0.25) is 0 Å². The molecule has 0 spiro atoms. The van der Waals surface area contributed by atoms with Crippen molar-refractivity contribution in [1.29, 1.82) is 0 Å². The highest BCUT2D eigenvalue weighted by molar-refractivity contribution is 7.91. The molecule has 0 unspecified atom stereocenters. The van der Waals surface area contributed by atoms with Crippen LogP contribution in [0.25, 0.3) is 10.9 Å². The lowest BCUT2D eigenvalue weighted by Crippen LogP contribution is -2.44. The Morgan fingerprint density at radius 3 is 2.64 bits per heavy atom. The molecular weight excluding hydrogens is 606 g/mol. The summed E-state index contributed by atoms with van der Waals surface area (Å²) in [5, 5.41) is 15.8. The van der Waals surface area contributed by atoms with E-state index < -0.39 is 44.8 Å². The summed E-state index contributed by atoms with van der Waals surface area (Å²) >= 11 is 0. The molecule has 1 fully saturated rings. The summed E-state index contributed by atoms with van der Waals surface area (Å²) in [7, 11) is -4.34. The van der Waals surface area contributed by atoms with E-state index in [-0.39, 0.29) is 29.7 Å². The molecule has 14 nitrogen and oxygen atoms in total. The van der Waals surface area contributed by atoms with Gasteiger partial charge in [0, 0.05) is 23.0 Å². The Labute approximate surface area is 254 Å². The maximum absolute atomic E-state index is 14.0. The van der Waals surface area contributed by atoms with Gasteiger partial charge in [-0.15, -0.1) is 0 Å². The number of carbonyl (C=O) groups is 2. The number of nitrogens with one attached hydrogen (secondary N) is 1. The van der Waals surface area contributed by atoms with Crippen LogP contribution in [0.1, 0.15) is 22.9 Å². The number of carbonyl (C=O) groups excluding carboxylic acids is 2. The van der Waals surface area contributed by atoms with Gasteiger partial charge in [0.15, 0.2) is 11.5 Å². The number of para-hydroxylation sites is 1. The molecule has 45 heavy (non-hydrogen) atoms. The number of nitrogens with zero attached hydrogens (tertiary/aromatic N) is 4. The average Bonchev–Trinajstić information content (AvgIpc) is 3.82. The summed E-state index contributed by atoms with van der Waals surface area (Å²) < 4.78 is 47.4. The van der Waals surface area contributed by atoms with Gasteiger partial charge in [0.25, 0.3) is 15.7 Å². The van der Waals surface area contributed by atoms with Gasteiger partial charge in [-0.2, -0.15) is 0 Å². The van der Waals surface area contributed by atoms with E-state index in [9.17, 15) is 23.2 Å². The van der Waals surface area contributed by atoms with Crippen molar-refractivity contribution < 1.29 is 41.7 Å². The number of urea groups is 1. The molecule has 1 N–H and O–H groups in total. The summed E-state index contributed by atoms with van der Waals surface area (Å²) in [4.78, 5) is 33.4. The van der Waals surface area contributed by atoms with E-state index in [1.54, 1.807) is 17.0 Å². The molecule has 3 aliphatic heterocycles. The highest BCUT2D eigenvalue weighted by Crippen LogP contribution is 2.46. The predicted molar refractivity (Wildman–Crippen MR) is 152 cm³/mol. The fourth-order valence-electron chi connectivity index (χ4n) is 6.24. The highest BCUT2D eigenvalue weighted by Gasteiger charge is 2.52. The molecule has 8 rings (SSSR count). The number of sulfone groups is 1. The number of hydrogen-bond donors (Lipinski definition) is 1. The van der Waals surface area contributed by atoms with E-state index in [1.807, 2.05) is 36.4 Å². The molecule has 5 heterocycles. The number of hydrogen-bond acceptors (Lipinski definition) is 10. The van der Waals surface area contributed by atoms with Crippen molar-refractivity contribution in [3.05, 3.63) is 94.8 Å². The van der Waals surface area contributed by atoms with Crippen LogP contribution in [0.15, 0.2) is 87.3 Å². The number of ether oxygens (including phenoxy) is 3. The van der Waals surface area contributed by atoms with E-state index in [2.05, 4.69) is 14.8 Å². The zero-order valence-electron chi connectivity index (χ0n) is 23.3. The van der Waals surface area contributed by atoms with Gasteiger partial charge in [0.05, 0.1) is 16.6 Å². The maximum atomic E-state index is 14.0. The second kappa shape index (κ2) is 9.99. The summed E-state index contributed by atoms with van der Waals surface area (Å²) in [5.74, 6) is 0.123. The molecule has 0 radical (unpaired) electrons. The molecular formula is C30H23N5O9S. The van der Waals surface area contributed by atoms with Crippen molar-refractivity contribution in [3.8, 4) is 17.4 Å². The molecule has 1 saturated heterocycles. The highest BCUT2D eigenvalue weighted by atomic mass is 32.2. The van der Waals surface area contributed by atoms with Crippen molar-refractivity contribution in [3.63, 3.8) is 0 Å². The molecule has 0 aliphatic carbocycles. The lowest BCUT2D eigenvalue weighted by Gasteiger charge is -2.36. The number of benzene rings is 3. The number of imide groups is 1. The van der Waals surface area contributed by atoms with Gasteiger partial charge < -0.3 is 24.4 Å². The third-order valence-electron chi connectivity index (χ3n) is 8.26. The number of rotatable bonds is 7. The van der Waals surface area contributed by atoms with Gasteiger partial charge in [-0.3, -0.25) is 19.2 Å². The molecule has 2 atom stereocenters. The Balaban J connectivity index is 1.09. The largest absolute Gasteiger partial charge is 0.454 e. The lowest BCUT2D eigenvalue weighted by atomic mass is 9.88. The van der Waals surface area contributed by atoms with Crippen LogP contribution >= 0.6 is 0 Å². The minimum absolute atomic E-state index is 0.0881. The lowest BCUT2D eigenvalue weighted by molar-refractivity contribution is -0.832. The molecule has 0 saturated carbocycles. The van der Waals surface area contributed by atoms with Gasteiger partial charge in [-0.1, -0.05) is 42.5 Å². The normalized spacial score (nSPS) is 18.8. The first kappa shape index (κ1) is 27.0. The minimum Gasteiger partial charge on any atom is -0.454 e. The Kier molecular flexibility index (Phi) is 5.99.